The Balaban J connectivity index is 1.92. The summed E-state index contributed by atoms with van der Waals surface area (Å²) < 4.78 is 1.63. The van der Waals surface area contributed by atoms with Crippen LogP contribution in [0.5, 0.6) is 0 Å². The first-order valence-electron chi connectivity index (χ1n) is 7.50. The van der Waals surface area contributed by atoms with Gasteiger partial charge in [-0.25, -0.2) is 4.68 Å². The minimum atomic E-state index is -0.389. The maximum Gasteiger partial charge on any atom is 0.294 e. The Labute approximate surface area is 142 Å². The van der Waals surface area contributed by atoms with Crippen LogP contribution in [0.25, 0.3) is 16.9 Å². The highest BCUT2D eigenvalue weighted by atomic mass is 35.5. The summed E-state index contributed by atoms with van der Waals surface area (Å²) in [5.41, 5.74) is 3.31. The molecule has 1 aliphatic heterocycles. The van der Waals surface area contributed by atoms with E-state index in [-0.39, 0.29) is 10.6 Å². The molecule has 4 rings (SSSR count). The number of hydrogen-bond acceptors (Lipinski definition) is 4. The average molecular weight is 341 g/mol. The number of benzene rings is 2. The highest BCUT2D eigenvalue weighted by Crippen LogP contribution is 2.36. The van der Waals surface area contributed by atoms with Crippen LogP contribution in [0.1, 0.15) is 5.56 Å². The zero-order chi connectivity index (χ0) is 16.7. The van der Waals surface area contributed by atoms with E-state index < -0.39 is 0 Å². The first-order chi connectivity index (χ1) is 11.6. The number of halogens is 1. The zero-order valence-corrected chi connectivity index (χ0v) is 13.3. The minimum Gasteiger partial charge on any atom is -0.369 e. The van der Waals surface area contributed by atoms with Gasteiger partial charge in [0.25, 0.3) is 5.69 Å². The molecular formula is C17H13ClN4O2. The smallest absolute Gasteiger partial charge is 0.294 e. The Morgan fingerprint density at radius 3 is 2.67 bits per heavy atom. The van der Waals surface area contributed by atoms with Crippen molar-refractivity contribution in [3.05, 3.63) is 69.2 Å². The maximum absolute atomic E-state index is 11.3. The summed E-state index contributed by atoms with van der Waals surface area (Å²) in [7, 11) is 0. The minimum absolute atomic E-state index is 0.0270. The fourth-order valence-electron chi connectivity index (χ4n) is 2.99. The van der Waals surface area contributed by atoms with Gasteiger partial charge < -0.3 is 5.32 Å². The zero-order valence-electron chi connectivity index (χ0n) is 12.6. The van der Waals surface area contributed by atoms with Crippen molar-refractivity contribution in [2.45, 2.75) is 6.42 Å². The molecule has 3 aromatic rings. The molecule has 0 fully saturated rings. The van der Waals surface area contributed by atoms with Crippen LogP contribution < -0.4 is 5.32 Å². The largest absolute Gasteiger partial charge is 0.369 e. The van der Waals surface area contributed by atoms with Gasteiger partial charge in [0, 0.05) is 28.8 Å². The fourth-order valence-corrected chi connectivity index (χ4v) is 3.11. The second kappa shape index (κ2) is 5.65. The topological polar surface area (TPSA) is 73.0 Å². The first-order valence-corrected chi connectivity index (χ1v) is 7.88. The number of nitrogens with one attached hydrogen (secondary N) is 1. The second-order valence-corrected chi connectivity index (χ2v) is 5.95. The molecule has 0 atom stereocenters. The van der Waals surface area contributed by atoms with E-state index in [1.165, 1.54) is 6.07 Å². The van der Waals surface area contributed by atoms with Gasteiger partial charge in [0.05, 0.1) is 10.6 Å². The van der Waals surface area contributed by atoms with Gasteiger partial charge in [-0.05, 0) is 24.6 Å². The Morgan fingerprint density at radius 1 is 1.17 bits per heavy atom. The molecule has 0 saturated carbocycles. The molecule has 6 nitrogen and oxygen atoms in total. The van der Waals surface area contributed by atoms with E-state index in [2.05, 4.69) is 10.4 Å². The molecule has 2 aromatic carbocycles. The molecule has 1 aromatic heterocycles. The summed E-state index contributed by atoms with van der Waals surface area (Å²) in [4.78, 5) is 11.0. The van der Waals surface area contributed by atoms with Crippen LogP contribution in [-0.2, 0) is 6.42 Å². The second-order valence-electron chi connectivity index (χ2n) is 5.52. The molecular weight excluding hydrogens is 328 g/mol. The predicted octanol–water partition coefficient (Wildman–Crippen LogP) is 4.07. The quantitative estimate of drug-likeness (QED) is 0.576. The highest BCUT2D eigenvalue weighted by molar-refractivity contribution is 6.30. The summed E-state index contributed by atoms with van der Waals surface area (Å²) in [5, 5.41) is 19.9. The first kappa shape index (κ1) is 14.7. The van der Waals surface area contributed by atoms with Crippen LogP contribution in [0, 0.1) is 10.1 Å². The maximum atomic E-state index is 11.3. The summed E-state index contributed by atoms with van der Waals surface area (Å²) in [6, 6.07) is 14.1. The molecule has 0 aliphatic carbocycles. The van der Waals surface area contributed by atoms with Gasteiger partial charge in [0.2, 0.25) is 0 Å². The van der Waals surface area contributed by atoms with Crippen LogP contribution in [0.2, 0.25) is 5.02 Å². The highest BCUT2D eigenvalue weighted by Gasteiger charge is 2.26. The lowest BCUT2D eigenvalue weighted by atomic mass is 10.1. The standard InChI is InChI=1S/C17H13ClN4O2/c18-12-7-5-11(6-8-12)16-13-9-10-19-17(13)21(20-16)14-3-1-2-4-15(14)22(23)24/h1-8,19H,9-10H2. The number of para-hydroxylation sites is 2. The third kappa shape index (κ3) is 2.32. The van der Waals surface area contributed by atoms with Gasteiger partial charge in [-0.3, -0.25) is 10.1 Å². The number of fused-ring (bicyclic) bond motifs is 1. The van der Waals surface area contributed by atoms with Crippen molar-refractivity contribution >= 4 is 23.1 Å². The van der Waals surface area contributed by atoms with Crippen molar-refractivity contribution < 1.29 is 4.92 Å². The Bertz CT molecular complexity index is 934. The number of anilines is 1. The molecule has 0 amide bonds. The Hall–Kier alpha value is -2.86. The van der Waals surface area contributed by atoms with Crippen molar-refractivity contribution in [1.82, 2.24) is 9.78 Å². The molecule has 0 unspecified atom stereocenters. The van der Waals surface area contributed by atoms with Gasteiger partial charge in [0.1, 0.15) is 11.5 Å². The summed E-state index contributed by atoms with van der Waals surface area (Å²) in [6.45, 7) is 0.786. The SMILES string of the molecule is O=[N+]([O-])c1ccccc1-n1nc(-c2ccc(Cl)cc2)c2c1NCC2. The van der Waals surface area contributed by atoms with Crippen molar-refractivity contribution in [3.63, 3.8) is 0 Å². The number of nitrogens with zero attached hydrogens (tertiary/aromatic N) is 3. The van der Waals surface area contributed by atoms with Gasteiger partial charge >= 0.3 is 0 Å². The number of aromatic nitrogens is 2. The lowest BCUT2D eigenvalue weighted by molar-refractivity contribution is -0.384. The third-order valence-corrected chi connectivity index (χ3v) is 4.33. The van der Waals surface area contributed by atoms with Crippen molar-refractivity contribution in [2.75, 3.05) is 11.9 Å². The monoisotopic (exact) mass is 340 g/mol. The predicted molar refractivity (Wildman–Crippen MR) is 92.9 cm³/mol. The summed E-state index contributed by atoms with van der Waals surface area (Å²) >= 11 is 5.96. The lowest BCUT2D eigenvalue weighted by Crippen LogP contribution is -2.06. The molecule has 0 radical (unpaired) electrons. The Morgan fingerprint density at radius 2 is 1.92 bits per heavy atom. The van der Waals surface area contributed by atoms with Crippen molar-refractivity contribution in [3.8, 4) is 16.9 Å². The van der Waals surface area contributed by atoms with E-state index in [0.29, 0.717) is 10.7 Å². The Kier molecular flexibility index (Phi) is 3.46. The molecule has 24 heavy (non-hydrogen) atoms. The van der Waals surface area contributed by atoms with Gasteiger partial charge in [-0.1, -0.05) is 35.9 Å². The van der Waals surface area contributed by atoms with E-state index in [0.717, 1.165) is 35.6 Å². The van der Waals surface area contributed by atoms with Crippen molar-refractivity contribution in [2.24, 2.45) is 0 Å². The molecule has 0 saturated heterocycles. The average Bonchev–Trinajstić information content (AvgIpc) is 3.18. The summed E-state index contributed by atoms with van der Waals surface area (Å²) in [6.07, 6.45) is 0.827. The van der Waals surface area contributed by atoms with E-state index in [4.69, 9.17) is 11.6 Å². The molecule has 120 valence electrons. The fraction of sp³-hybridized carbons (Fsp3) is 0.118. The van der Waals surface area contributed by atoms with Crippen molar-refractivity contribution in [1.29, 1.82) is 0 Å². The van der Waals surface area contributed by atoms with Gasteiger partial charge in [0.15, 0.2) is 0 Å². The van der Waals surface area contributed by atoms with Gasteiger partial charge in [-0.2, -0.15) is 5.10 Å². The molecule has 2 heterocycles. The summed E-state index contributed by atoms with van der Waals surface area (Å²) in [5.74, 6) is 0.814. The van der Waals surface area contributed by atoms with E-state index >= 15 is 0 Å². The van der Waals surface area contributed by atoms with Crippen LogP contribution in [-0.4, -0.2) is 21.2 Å². The van der Waals surface area contributed by atoms with Crippen LogP contribution in [0.3, 0.4) is 0 Å². The number of rotatable bonds is 3. The lowest BCUT2D eigenvalue weighted by Gasteiger charge is -2.06. The van der Waals surface area contributed by atoms with Crippen LogP contribution >= 0.6 is 11.6 Å². The molecule has 1 aliphatic rings. The molecule has 0 spiro atoms. The molecule has 1 N–H and O–H groups in total. The van der Waals surface area contributed by atoms with E-state index in [1.807, 2.05) is 24.3 Å². The van der Waals surface area contributed by atoms with E-state index in [9.17, 15) is 10.1 Å². The van der Waals surface area contributed by atoms with Crippen LogP contribution in [0.4, 0.5) is 11.5 Å². The third-order valence-electron chi connectivity index (χ3n) is 4.08. The number of hydrogen-bond donors (Lipinski definition) is 1. The normalized spacial score (nSPS) is 12.7. The number of nitro benzene ring substituents is 1. The van der Waals surface area contributed by atoms with Crippen LogP contribution in [0.15, 0.2) is 48.5 Å². The molecule has 7 heteroatoms. The van der Waals surface area contributed by atoms with Gasteiger partial charge in [-0.15, -0.1) is 0 Å². The number of nitro groups is 1. The molecule has 0 bridgehead atoms. The van der Waals surface area contributed by atoms with E-state index in [1.54, 1.807) is 22.9 Å².